The smallest absolute Gasteiger partial charge is 0.335 e. The second-order valence-corrected chi connectivity index (χ2v) is 3.45. The van der Waals surface area contributed by atoms with Crippen molar-refractivity contribution >= 4 is 5.97 Å². The third-order valence-electron chi connectivity index (χ3n) is 2.42. The number of esters is 1. The monoisotopic (exact) mass is 240 g/mol. The van der Waals surface area contributed by atoms with Gasteiger partial charge in [-0.3, -0.25) is 0 Å². The van der Waals surface area contributed by atoms with E-state index in [1.807, 2.05) is 0 Å². The first kappa shape index (κ1) is 13.3. The summed E-state index contributed by atoms with van der Waals surface area (Å²) in [5.41, 5.74) is 0.766. The van der Waals surface area contributed by atoms with Crippen LogP contribution in [0.25, 0.3) is 0 Å². The van der Waals surface area contributed by atoms with E-state index >= 15 is 0 Å². The van der Waals surface area contributed by atoms with Crippen molar-refractivity contribution in [2.24, 2.45) is 0 Å². The maximum absolute atomic E-state index is 11.4. The summed E-state index contributed by atoms with van der Waals surface area (Å²) in [4.78, 5) is 11.4. The van der Waals surface area contributed by atoms with Crippen molar-refractivity contribution in [2.75, 3.05) is 21.3 Å². The van der Waals surface area contributed by atoms with Crippen LogP contribution in [0, 0.1) is 0 Å². The van der Waals surface area contributed by atoms with Crippen LogP contribution in [0.5, 0.6) is 11.5 Å². The number of carbonyl (C=O) groups excluding carboxylic acids is 1. The SMILES string of the molecule is COC(=O)[C@H](Cc1ccc(O)cc1OC)OC. The molecule has 94 valence electrons. The van der Waals surface area contributed by atoms with E-state index in [9.17, 15) is 9.90 Å². The van der Waals surface area contributed by atoms with Crippen molar-refractivity contribution in [3.63, 3.8) is 0 Å². The van der Waals surface area contributed by atoms with Crippen LogP contribution in [0.3, 0.4) is 0 Å². The summed E-state index contributed by atoms with van der Waals surface area (Å²) >= 11 is 0. The summed E-state index contributed by atoms with van der Waals surface area (Å²) in [6, 6.07) is 4.70. The number of aromatic hydroxyl groups is 1. The van der Waals surface area contributed by atoms with Crippen LogP contribution in [0.2, 0.25) is 0 Å². The molecule has 5 heteroatoms. The molecule has 0 saturated heterocycles. The van der Waals surface area contributed by atoms with Gasteiger partial charge in [0.25, 0.3) is 0 Å². The van der Waals surface area contributed by atoms with E-state index in [0.717, 1.165) is 5.56 Å². The second kappa shape index (κ2) is 6.10. The molecule has 1 aromatic rings. The molecule has 0 amide bonds. The lowest BCUT2D eigenvalue weighted by Gasteiger charge is -2.15. The molecule has 0 radical (unpaired) electrons. The predicted molar refractivity (Wildman–Crippen MR) is 61.2 cm³/mol. The van der Waals surface area contributed by atoms with Crippen molar-refractivity contribution < 1.29 is 24.1 Å². The van der Waals surface area contributed by atoms with E-state index < -0.39 is 12.1 Å². The molecule has 0 bridgehead atoms. The Morgan fingerprint density at radius 2 is 2.06 bits per heavy atom. The van der Waals surface area contributed by atoms with Gasteiger partial charge in [-0.1, -0.05) is 6.07 Å². The average Bonchev–Trinajstić information content (AvgIpc) is 2.36. The lowest BCUT2D eigenvalue weighted by Crippen LogP contribution is -2.26. The Hall–Kier alpha value is -1.75. The van der Waals surface area contributed by atoms with Crippen LogP contribution in [0.1, 0.15) is 5.56 Å². The standard InChI is InChI=1S/C12H16O5/c1-15-10-7-9(13)5-4-8(10)6-11(16-2)12(14)17-3/h4-5,7,11,13H,6H2,1-3H3/t11-/m0/s1. The summed E-state index contributed by atoms with van der Waals surface area (Å²) < 4.78 is 14.8. The number of rotatable bonds is 5. The van der Waals surface area contributed by atoms with Crippen LogP contribution < -0.4 is 4.74 Å². The molecule has 1 atom stereocenters. The molecule has 1 N–H and O–H groups in total. The lowest BCUT2D eigenvalue weighted by molar-refractivity contribution is -0.152. The van der Waals surface area contributed by atoms with Gasteiger partial charge < -0.3 is 19.3 Å². The molecule has 1 aromatic carbocycles. The zero-order valence-electron chi connectivity index (χ0n) is 10.1. The number of benzene rings is 1. The minimum atomic E-state index is -0.682. The highest BCUT2D eigenvalue weighted by Crippen LogP contribution is 2.25. The van der Waals surface area contributed by atoms with Crippen molar-refractivity contribution in [3.8, 4) is 11.5 Å². The number of phenolic OH excluding ortho intramolecular Hbond substituents is 1. The van der Waals surface area contributed by atoms with Crippen LogP contribution in [0.4, 0.5) is 0 Å². The maximum Gasteiger partial charge on any atom is 0.335 e. The molecular weight excluding hydrogens is 224 g/mol. The van der Waals surface area contributed by atoms with Crippen LogP contribution in [-0.4, -0.2) is 38.5 Å². The summed E-state index contributed by atoms with van der Waals surface area (Å²) in [5, 5.41) is 9.31. The van der Waals surface area contributed by atoms with Crippen molar-refractivity contribution in [2.45, 2.75) is 12.5 Å². The Balaban J connectivity index is 2.89. The molecule has 0 aromatic heterocycles. The van der Waals surface area contributed by atoms with Gasteiger partial charge in [-0.25, -0.2) is 4.79 Å². The van der Waals surface area contributed by atoms with Gasteiger partial charge in [-0.15, -0.1) is 0 Å². The fourth-order valence-corrected chi connectivity index (χ4v) is 1.50. The maximum atomic E-state index is 11.4. The molecule has 0 unspecified atom stereocenters. The summed E-state index contributed by atoms with van der Waals surface area (Å²) in [7, 11) is 4.25. The summed E-state index contributed by atoms with van der Waals surface area (Å²) in [6.45, 7) is 0. The molecule has 1 rings (SSSR count). The average molecular weight is 240 g/mol. The van der Waals surface area contributed by atoms with Crippen molar-refractivity contribution in [1.29, 1.82) is 0 Å². The Morgan fingerprint density at radius 1 is 1.35 bits per heavy atom. The Morgan fingerprint density at radius 3 is 2.59 bits per heavy atom. The van der Waals surface area contributed by atoms with Crippen LogP contribution >= 0.6 is 0 Å². The third kappa shape index (κ3) is 3.35. The largest absolute Gasteiger partial charge is 0.508 e. The molecule has 0 saturated carbocycles. The van der Waals surface area contributed by atoms with Gasteiger partial charge in [0.05, 0.1) is 14.2 Å². The third-order valence-corrected chi connectivity index (χ3v) is 2.42. The Kier molecular flexibility index (Phi) is 4.78. The quantitative estimate of drug-likeness (QED) is 0.781. The van der Waals surface area contributed by atoms with Gasteiger partial charge >= 0.3 is 5.97 Å². The number of ether oxygens (including phenoxy) is 3. The molecular formula is C12H16O5. The number of hydrogen-bond acceptors (Lipinski definition) is 5. The molecule has 5 nitrogen and oxygen atoms in total. The van der Waals surface area contributed by atoms with Gasteiger partial charge in [-0.2, -0.15) is 0 Å². The summed E-state index contributed by atoms with van der Waals surface area (Å²) in [5.74, 6) is 0.177. The lowest BCUT2D eigenvalue weighted by atomic mass is 10.1. The fourth-order valence-electron chi connectivity index (χ4n) is 1.50. The molecule has 0 aliphatic carbocycles. The molecule has 0 aliphatic rings. The van der Waals surface area contributed by atoms with E-state index in [2.05, 4.69) is 4.74 Å². The van der Waals surface area contributed by atoms with E-state index in [-0.39, 0.29) is 5.75 Å². The second-order valence-electron chi connectivity index (χ2n) is 3.45. The van der Waals surface area contributed by atoms with Crippen LogP contribution in [-0.2, 0) is 20.7 Å². The number of hydrogen-bond donors (Lipinski definition) is 1. The predicted octanol–water partition coefficient (Wildman–Crippen LogP) is 1.13. The highest BCUT2D eigenvalue weighted by atomic mass is 16.6. The number of carbonyl (C=O) groups is 1. The van der Waals surface area contributed by atoms with E-state index in [0.29, 0.717) is 12.2 Å². The first-order chi connectivity index (χ1) is 8.12. The first-order valence-electron chi connectivity index (χ1n) is 5.08. The van der Waals surface area contributed by atoms with Gasteiger partial charge in [0, 0.05) is 19.6 Å². The minimum Gasteiger partial charge on any atom is -0.508 e. The van der Waals surface area contributed by atoms with Gasteiger partial charge in [0.1, 0.15) is 11.5 Å². The molecule has 0 aliphatic heterocycles. The Bertz CT molecular complexity index is 388. The van der Waals surface area contributed by atoms with Crippen molar-refractivity contribution in [1.82, 2.24) is 0 Å². The van der Waals surface area contributed by atoms with E-state index in [1.165, 1.54) is 33.5 Å². The fraction of sp³-hybridized carbons (Fsp3) is 0.417. The highest BCUT2D eigenvalue weighted by molar-refractivity contribution is 5.75. The van der Waals surface area contributed by atoms with Gasteiger partial charge in [0.15, 0.2) is 6.10 Å². The topological polar surface area (TPSA) is 65.0 Å². The zero-order chi connectivity index (χ0) is 12.8. The number of phenols is 1. The zero-order valence-corrected chi connectivity index (χ0v) is 10.1. The molecule has 0 fully saturated rings. The van der Waals surface area contributed by atoms with E-state index in [4.69, 9.17) is 9.47 Å². The normalized spacial score (nSPS) is 11.9. The minimum absolute atomic E-state index is 0.109. The van der Waals surface area contributed by atoms with E-state index in [1.54, 1.807) is 6.07 Å². The number of methoxy groups -OCH3 is 3. The van der Waals surface area contributed by atoms with Crippen molar-refractivity contribution in [3.05, 3.63) is 23.8 Å². The van der Waals surface area contributed by atoms with Gasteiger partial charge in [-0.05, 0) is 11.6 Å². The Labute approximate surface area is 99.9 Å². The highest BCUT2D eigenvalue weighted by Gasteiger charge is 2.20. The first-order valence-corrected chi connectivity index (χ1v) is 5.08. The molecule has 0 heterocycles. The van der Waals surface area contributed by atoms with Gasteiger partial charge in [0.2, 0.25) is 0 Å². The van der Waals surface area contributed by atoms with Crippen LogP contribution in [0.15, 0.2) is 18.2 Å². The molecule has 0 spiro atoms. The summed E-state index contributed by atoms with van der Waals surface area (Å²) in [6.07, 6.45) is -0.356. The molecule has 17 heavy (non-hydrogen) atoms.